The maximum Gasteiger partial charge on any atom is 0.0233 e. The minimum atomic E-state index is 0. The molecular weight excluding hydrogens is 362 g/mol. The molecule has 2 heteroatoms. The Morgan fingerprint density at radius 2 is 1.14 bits per heavy atom. The fraction of sp³-hybridized carbons (Fsp3) is 0.769. The van der Waals surface area contributed by atoms with Crippen LogP contribution in [0, 0.1) is 0 Å². The molecule has 0 amide bonds. The van der Waals surface area contributed by atoms with Gasteiger partial charge < -0.3 is 0 Å². The highest BCUT2D eigenvalue weighted by Crippen LogP contribution is 2.17. The molecule has 1 rings (SSSR count). The predicted octanol–water partition coefficient (Wildman–Crippen LogP) is 8.80. The zero-order valence-corrected chi connectivity index (χ0v) is 19.9. The molecule has 0 aliphatic heterocycles. The molecule has 0 saturated carbocycles. The van der Waals surface area contributed by atoms with Gasteiger partial charge in [-0.2, -0.15) is 0 Å². The van der Waals surface area contributed by atoms with Crippen LogP contribution in [0.15, 0.2) is 30.3 Å². The lowest BCUT2D eigenvalue weighted by Crippen LogP contribution is -2.30. The second-order valence-electron chi connectivity index (χ2n) is 8.49. The monoisotopic (exact) mass is 409 g/mol. The fourth-order valence-corrected chi connectivity index (χ4v) is 4.13. The van der Waals surface area contributed by atoms with E-state index in [-0.39, 0.29) is 12.4 Å². The van der Waals surface area contributed by atoms with Crippen molar-refractivity contribution in [2.75, 3.05) is 7.05 Å². The van der Waals surface area contributed by atoms with E-state index in [9.17, 15) is 0 Å². The maximum absolute atomic E-state index is 2.55. The first-order chi connectivity index (χ1) is 13.3. The quantitative estimate of drug-likeness (QED) is 0.219. The Bertz CT molecular complexity index is 420. The van der Waals surface area contributed by atoms with Crippen molar-refractivity contribution in [3.05, 3.63) is 35.9 Å². The van der Waals surface area contributed by atoms with Crippen LogP contribution >= 0.6 is 12.4 Å². The van der Waals surface area contributed by atoms with Gasteiger partial charge in [-0.3, -0.25) is 4.90 Å². The van der Waals surface area contributed by atoms with E-state index in [2.05, 4.69) is 56.1 Å². The first-order valence-corrected chi connectivity index (χ1v) is 12.0. The molecule has 0 saturated heterocycles. The molecule has 0 aliphatic rings. The van der Waals surface area contributed by atoms with Gasteiger partial charge in [0, 0.05) is 12.6 Å². The third kappa shape index (κ3) is 14.5. The summed E-state index contributed by atoms with van der Waals surface area (Å²) in [6.45, 7) is 5.72. The van der Waals surface area contributed by atoms with Crippen LogP contribution in [0.25, 0.3) is 0 Å². The van der Waals surface area contributed by atoms with Crippen molar-refractivity contribution in [3.8, 4) is 0 Å². The van der Waals surface area contributed by atoms with Crippen molar-refractivity contribution in [1.29, 1.82) is 0 Å². The lowest BCUT2D eigenvalue weighted by atomic mass is 10.0. The number of hydrogen-bond donors (Lipinski definition) is 0. The fourth-order valence-electron chi connectivity index (χ4n) is 4.13. The standard InChI is InChI=1S/C26H47N.ClH/c1-4-6-7-8-9-10-11-12-13-14-15-16-20-23-26(5-2)27(3)24-25-21-18-17-19-22-25;/h17-19,21-22,26H,4-16,20,23-24H2,1-3H3;1H. The number of nitrogens with zero attached hydrogens (tertiary/aromatic N) is 1. The lowest BCUT2D eigenvalue weighted by molar-refractivity contribution is 0.211. The lowest BCUT2D eigenvalue weighted by Gasteiger charge is -2.27. The van der Waals surface area contributed by atoms with Gasteiger partial charge in [-0.25, -0.2) is 0 Å². The molecule has 28 heavy (non-hydrogen) atoms. The van der Waals surface area contributed by atoms with Crippen LogP contribution in [0.3, 0.4) is 0 Å². The second kappa shape index (κ2) is 19.8. The third-order valence-corrected chi connectivity index (χ3v) is 6.01. The molecule has 0 aliphatic carbocycles. The normalized spacial score (nSPS) is 12.1. The van der Waals surface area contributed by atoms with Gasteiger partial charge in [0.1, 0.15) is 0 Å². The summed E-state index contributed by atoms with van der Waals surface area (Å²) >= 11 is 0. The molecule has 0 aromatic heterocycles. The van der Waals surface area contributed by atoms with Gasteiger partial charge >= 0.3 is 0 Å². The summed E-state index contributed by atoms with van der Waals surface area (Å²) in [5.41, 5.74) is 1.43. The van der Waals surface area contributed by atoms with E-state index < -0.39 is 0 Å². The van der Waals surface area contributed by atoms with E-state index >= 15 is 0 Å². The number of rotatable bonds is 18. The Kier molecular flexibility index (Phi) is 19.4. The van der Waals surface area contributed by atoms with Crippen molar-refractivity contribution >= 4 is 12.4 Å². The number of hydrogen-bond acceptors (Lipinski definition) is 1. The second-order valence-corrected chi connectivity index (χ2v) is 8.49. The van der Waals surface area contributed by atoms with E-state index in [1.807, 2.05) is 0 Å². The minimum absolute atomic E-state index is 0. The first-order valence-electron chi connectivity index (χ1n) is 12.0. The average Bonchev–Trinajstić information content (AvgIpc) is 2.69. The molecule has 0 radical (unpaired) electrons. The maximum atomic E-state index is 2.55. The third-order valence-electron chi connectivity index (χ3n) is 6.01. The van der Waals surface area contributed by atoms with Crippen LogP contribution < -0.4 is 0 Å². The van der Waals surface area contributed by atoms with E-state index in [0.29, 0.717) is 0 Å². The van der Waals surface area contributed by atoms with Crippen molar-refractivity contribution in [2.24, 2.45) is 0 Å². The van der Waals surface area contributed by atoms with Gasteiger partial charge in [-0.05, 0) is 25.5 Å². The molecule has 1 aromatic carbocycles. The summed E-state index contributed by atoms with van der Waals surface area (Å²) in [6.07, 6.45) is 21.4. The van der Waals surface area contributed by atoms with Gasteiger partial charge in [-0.15, -0.1) is 12.4 Å². The first kappa shape index (κ1) is 27.5. The smallest absolute Gasteiger partial charge is 0.0233 e. The van der Waals surface area contributed by atoms with Gasteiger partial charge in [0.25, 0.3) is 0 Å². The van der Waals surface area contributed by atoms with Gasteiger partial charge in [-0.1, -0.05) is 128 Å². The van der Waals surface area contributed by atoms with Crippen molar-refractivity contribution in [1.82, 2.24) is 4.90 Å². The van der Waals surface area contributed by atoms with Crippen molar-refractivity contribution in [2.45, 2.75) is 123 Å². The van der Waals surface area contributed by atoms with E-state index in [0.717, 1.165) is 12.6 Å². The van der Waals surface area contributed by atoms with Gasteiger partial charge in [0.15, 0.2) is 0 Å². The zero-order valence-electron chi connectivity index (χ0n) is 19.1. The molecule has 0 fully saturated rings. The summed E-state index contributed by atoms with van der Waals surface area (Å²) in [7, 11) is 2.30. The average molecular weight is 410 g/mol. The largest absolute Gasteiger partial charge is 0.299 e. The SMILES string of the molecule is CCCCCCCCCCCCCCCC(CC)N(C)Cc1ccccc1.Cl. The molecule has 1 nitrogen and oxygen atoms in total. The molecule has 0 N–H and O–H groups in total. The van der Waals surface area contributed by atoms with Gasteiger partial charge in [0.2, 0.25) is 0 Å². The van der Waals surface area contributed by atoms with Crippen LogP contribution in [0.4, 0.5) is 0 Å². The Morgan fingerprint density at radius 3 is 1.61 bits per heavy atom. The summed E-state index contributed by atoms with van der Waals surface area (Å²) in [5.74, 6) is 0. The zero-order chi connectivity index (χ0) is 19.6. The van der Waals surface area contributed by atoms with Crippen molar-refractivity contribution in [3.63, 3.8) is 0 Å². The van der Waals surface area contributed by atoms with E-state index in [1.54, 1.807) is 0 Å². The molecule has 0 bridgehead atoms. The highest BCUT2D eigenvalue weighted by Gasteiger charge is 2.12. The van der Waals surface area contributed by atoms with Crippen LogP contribution in [0.2, 0.25) is 0 Å². The Labute approximate surface area is 183 Å². The van der Waals surface area contributed by atoms with Gasteiger partial charge in [0.05, 0.1) is 0 Å². The van der Waals surface area contributed by atoms with Crippen LogP contribution in [-0.4, -0.2) is 18.0 Å². The molecule has 0 heterocycles. The van der Waals surface area contributed by atoms with E-state index in [4.69, 9.17) is 0 Å². The highest BCUT2D eigenvalue weighted by atomic mass is 35.5. The summed E-state index contributed by atoms with van der Waals surface area (Å²) in [5, 5.41) is 0. The van der Waals surface area contributed by atoms with E-state index in [1.165, 1.54) is 102 Å². The van der Waals surface area contributed by atoms with Crippen LogP contribution in [-0.2, 0) is 6.54 Å². The summed E-state index contributed by atoms with van der Waals surface area (Å²) in [6, 6.07) is 11.6. The molecule has 164 valence electrons. The molecule has 1 unspecified atom stereocenters. The Morgan fingerprint density at radius 1 is 0.679 bits per heavy atom. The minimum Gasteiger partial charge on any atom is -0.299 e. The van der Waals surface area contributed by atoms with Crippen LogP contribution in [0.1, 0.15) is 116 Å². The summed E-state index contributed by atoms with van der Waals surface area (Å²) in [4.78, 5) is 2.55. The number of unbranched alkanes of at least 4 members (excludes halogenated alkanes) is 12. The van der Waals surface area contributed by atoms with Crippen LogP contribution in [0.5, 0.6) is 0 Å². The molecule has 1 atom stereocenters. The molecule has 0 spiro atoms. The summed E-state index contributed by atoms with van der Waals surface area (Å²) < 4.78 is 0. The number of benzene rings is 1. The highest BCUT2D eigenvalue weighted by molar-refractivity contribution is 5.85. The predicted molar refractivity (Wildman–Crippen MR) is 130 cm³/mol. The molecular formula is C26H48ClN. The Balaban J connectivity index is 0.00000729. The van der Waals surface area contributed by atoms with Crippen molar-refractivity contribution < 1.29 is 0 Å². The Hall–Kier alpha value is -0.530. The topological polar surface area (TPSA) is 3.24 Å². The number of halogens is 1. The molecule has 1 aromatic rings.